The zero-order valence-corrected chi connectivity index (χ0v) is 25.5. The quantitative estimate of drug-likeness (QED) is 0.199. The summed E-state index contributed by atoms with van der Waals surface area (Å²) < 4.78 is 13.7. The molecule has 0 amide bonds. The molecule has 7 nitrogen and oxygen atoms in total. The molecule has 1 atom stereocenters. The van der Waals surface area contributed by atoms with Gasteiger partial charge in [0.1, 0.15) is 6.04 Å². The molecule has 6 rings (SSSR count). The first-order valence-corrected chi connectivity index (χ1v) is 15.4. The van der Waals surface area contributed by atoms with Gasteiger partial charge in [-0.3, -0.25) is 4.79 Å². The zero-order valence-electron chi connectivity index (χ0n) is 23.9. The molecule has 0 bridgehead atoms. The number of Topliss-reactive ketones (excluding diaryl/α,β-unsaturated/α-hetero) is 1. The predicted octanol–water partition coefficient (Wildman–Crippen LogP) is 7.51. The Labute approximate surface area is 255 Å². The lowest BCUT2D eigenvalue weighted by molar-refractivity contribution is -0.118. The molecular weight excluding hydrogens is 568 g/mol. The third kappa shape index (κ3) is 5.92. The van der Waals surface area contributed by atoms with Gasteiger partial charge < -0.3 is 14.8 Å². The lowest BCUT2D eigenvalue weighted by Gasteiger charge is -2.38. The Balaban J connectivity index is 1.31. The second kappa shape index (κ2) is 11.9. The van der Waals surface area contributed by atoms with Crippen molar-refractivity contribution in [1.82, 2.24) is 14.8 Å². The zero-order chi connectivity index (χ0) is 29.3. The number of fused-ring (bicyclic) bond motifs is 1. The molecule has 0 saturated carbocycles. The minimum absolute atomic E-state index is 0.118. The van der Waals surface area contributed by atoms with Crippen molar-refractivity contribution in [3.05, 3.63) is 106 Å². The highest BCUT2D eigenvalue weighted by molar-refractivity contribution is 7.98. The van der Waals surface area contributed by atoms with Gasteiger partial charge in [0.05, 0.1) is 13.7 Å². The van der Waals surface area contributed by atoms with Crippen LogP contribution in [0.5, 0.6) is 11.5 Å². The molecule has 42 heavy (non-hydrogen) atoms. The van der Waals surface area contributed by atoms with Crippen LogP contribution in [0.4, 0.5) is 5.95 Å². The van der Waals surface area contributed by atoms with Crippen molar-refractivity contribution in [2.24, 2.45) is 5.41 Å². The fraction of sp³-hybridized carbons (Fsp3) is 0.303. The molecule has 0 radical (unpaired) electrons. The van der Waals surface area contributed by atoms with E-state index in [-0.39, 0.29) is 11.2 Å². The summed E-state index contributed by atoms with van der Waals surface area (Å²) in [6, 6.07) is 23.4. The summed E-state index contributed by atoms with van der Waals surface area (Å²) in [5.74, 6) is 2.64. The number of nitrogens with zero attached hydrogens (tertiary/aromatic N) is 3. The molecule has 3 aromatic carbocycles. The molecule has 0 saturated heterocycles. The SMILES string of the molecule is COc1cc(C2C3=C(CC(C)(C)CC3=O)Nc3nc(SCc4ccccc4Cl)nn32)ccc1OCCc1ccccc1. The van der Waals surface area contributed by atoms with Gasteiger partial charge in [-0.1, -0.05) is 91.8 Å². The number of carbonyl (C=O) groups excluding carboxylic acids is 1. The third-order valence-electron chi connectivity index (χ3n) is 7.62. The molecule has 2 aliphatic rings. The number of methoxy groups -OCH3 is 1. The minimum Gasteiger partial charge on any atom is -0.493 e. The van der Waals surface area contributed by atoms with Crippen LogP contribution >= 0.6 is 23.4 Å². The van der Waals surface area contributed by atoms with Gasteiger partial charge in [0, 0.05) is 34.9 Å². The fourth-order valence-electron chi connectivity index (χ4n) is 5.61. The number of rotatable bonds is 9. The number of ketones is 1. The van der Waals surface area contributed by atoms with Crippen LogP contribution in [0.25, 0.3) is 0 Å². The summed E-state index contributed by atoms with van der Waals surface area (Å²) in [7, 11) is 1.63. The van der Waals surface area contributed by atoms with Gasteiger partial charge in [0.2, 0.25) is 11.1 Å². The average molecular weight is 601 g/mol. The van der Waals surface area contributed by atoms with Gasteiger partial charge in [-0.25, -0.2) is 4.68 Å². The van der Waals surface area contributed by atoms with E-state index in [0.29, 0.717) is 46.4 Å². The third-order valence-corrected chi connectivity index (χ3v) is 8.88. The molecule has 216 valence electrons. The molecule has 0 spiro atoms. The Morgan fingerprint density at radius 3 is 2.62 bits per heavy atom. The Hall–Kier alpha value is -3.75. The summed E-state index contributed by atoms with van der Waals surface area (Å²) in [6.45, 7) is 4.77. The Morgan fingerprint density at radius 1 is 1.05 bits per heavy atom. The normalized spacial score (nSPS) is 17.3. The Bertz CT molecular complexity index is 1650. The molecule has 2 heterocycles. The molecule has 4 aromatic rings. The van der Waals surface area contributed by atoms with Gasteiger partial charge >= 0.3 is 0 Å². The summed E-state index contributed by atoms with van der Waals surface area (Å²) in [4.78, 5) is 18.5. The van der Waals surface area contributed by atoms with Crippen molar-refractivity contribution in [2.45, 2.75) is 50.1 Å². The van der Waals surface area contributed by atoms with Crippen LogP contribution in [-0.4, -0.2) is 34.3 Å². The summed E-state index contributed by atoms with van der Waals surface area (Å²) in [5.41, 5.74) is 4.61. The van der Waals surface area contributed by atoms with Crippen LogP contribution in [-0.2, 0) is 17.0 Å². The monoisotopic (exact) mass is 600 g/mol. The molecule has 1 unspecified atom stereocenters. The first kappa shape index (κ1) is 28.4. The number of anilines is 1. The number of nitrogens with one attached hydrogen (secondary N) is 1. The van der Waals surface area contributed by atoms with Crippen molar-refractivity contribution in [3.8, 4) is 11.5 Å². The highest BCUT2D eigenvalue weighted by Gasteiger charge is 2.42. The van der Waals surface area contributed by atoms with Crippen molar-refractivity contribution in [3.63, 3.8) is 0 Å². The number of carbonyl (C=O) groups is 1. The second-order valence-electron chi connectivity index (χ2n) is 11.4. The van der Waals surface area contributed by atoms with Gasteiger partial charge in [-0.05, 0) is 46.7 Å². The number of ether oxygens (including phenoxy) is 2. The molecule has 9 heteroatoms. The number of halogens is 1. The predicted molar refractivity (Wildman–Crippen MR) is 166 cm³/mol. The van der Waals surface area contributed by atoms with Crippen LogP contribution in [0.3, 0.4) is 0 Å². The van der Waals surface area contributed by atoms with Gasteiger partial charge in [0.15, 0.2) is 17.3 Å². The van der Waals surface area contributed by atoms with Gasteiger partial charge in [-0.2, -0.15) is 4.98 Å². The Kier molecular flexibility index (Phi) is 8.01. The lowest BCUT2D eigenvalue weighted by atomic mass is 9.73. The van der Waals surface area contributed by atoms with Crippen LogP contribution < -0.4 is 14.8 Å². The van der Waals surface area contributed by atoms with E-state index in [9.17, 15) is 4.79 Å². The maximum Gasteiger partial charge on any atom is 0.227 e. The van der Waals surface area contributed by atoms with E-state index in [1.807, 2.05) is 65.3 Å². The van der Waals surface area contributed by atoms with Crippen molar-refractivity contribution in [2.75, 3.05) is 19.0 Å². The second-order valence-corrected chi connectivity index (χ2v) is 12.7. The topological polar surface area (TPSA) is 78.3 Å². The van der Waals surface area contributed by atoms with Crippen molar-refractivity contribution >= 4 is 35.1 Å². The fourth-order valence-corrected chi connectivity index (χ4v) is 6.73. The first-order chi connectivity index (χ1) is 20.3. The van der Waals surface area contributed by atoms with E-state index in [4.69, 9.17) is 31.2 Å². The van der Waals surface area contributed by atoms with E-state index < -0.39 is 6.04 Å². The summed E-state index contributed by atoms with van der Waals surface area (Å²) in [6.07, 6.45) is 2.01. The van der Waals surface area contributed by atoms with Crippen molar-refractivity contribution < 1.29 is 14.3 Å². The molecule has 1 aromatic heterocycles. The van der Waals surface area contributed by atoms with E-state index >= 15 is 0 Å². The van der Waals surface area contributed by atoms with E-state index in [0.717, 1.165) is 35.2 Å². The van der Waals surface area contributed by atoms with Crippen LogP contribution in [0, 0.1) is 5.41 Å². The Morgan fingerprint density at radius 2 is 1.83 bits per heavy atom. The number of aromatic nitrogens is 3. The summed E-state index contributed by atoms with van der Waals surface area (Å²) in [5, 5.41) is 9.66. The largest absolute Gasteiger partial charge is 0.493 e. The van der Waals surface area contributed by atoms with Crippen LogP contribution in [0.1, 0.15) is 49.4 Å². The van der Waals surface area contributed by atoms with E-state index in [1.165, 1.54) is 17.3 Å². The number of hydrogen-bond donors (Lipinski definition) is 1. The van der Waals surface area contributed by atoms with Gasteiger partial charge in [0.25, 0.3) is 0 Å². The molecule has 1 aliphatic carbocycles. The number of hydrogen-bond acceptors (Lipinski definition) is 7. The highest BCUT2D eigenvalue weighted by Crippen LogP contribution is 2.46. The van der Waals surface area contributed by atoms with E-state index in [1.54, 1.807) is 7.11 Å². The smallest absolute Gasteiger partial charge is 0.227 e. The molecule has 0 fully saturated rings. The van der Waals surface area contributed by atoms with Crippen molar-refractivity contribution in [1.29, 1.82) is 0 Å². The number of thioether (sulfide) groups is 1. The standard InChI is InChI=1S/C33H33ClN4O3S/c1-33(2)18-25-29(26(39)19-33)30(38-31(35-25)36-32(37-38)42-20-23-11-7-8-12-24(23)34)22-13-14-27(28(17-22)40-3)41-16-15-21-9-5-4-6-10-21/h4-14,17,30H,15-16,18-20H2,1-3H3,(H,35,36,37). The first-order valence-electron chi connectivity index (χ1n) is 14.0. The summed E-state index contributed by atoms with van der Waals surface area (Å²) >= 11 is 7.90. The maximum atomic E-state index is 13.7. The van der Waals surface area contributed by atoms with E-state index in [2.05, 4.69) is 31.3 Å². The average Bonchev–Trinajstić information content (AvgIpc) is 3.38. The van der Waals surface area contributed by atoms with Crippen LogP contribution in [0.15, 0.2) is 89.2 Å². The molecule has 1 N–H and O–H groups in total. The minimum atomic E-state index is -0.436. The maximum absolute atomic E-state index is 13.7. The number of allylic oxidation sites excluding steroid dienone is 2. The van der Waals surface area contributed by atoms with Gasteiger partial charge in [-0.15, -0.1) is 5.10 Å². The van der Waals surface area contributed by atoms with Crippen LogP contribution in [0.2, 0.25) is 5.02 Å². The lowest BCUT2D eigenvalue weighted by Crippen LogP contribution is -2.36. The highest BCUT2D eigenvalue weighted by atomic mass is 35.5. The molecule has 1 aliphatic heterocycles. The molecular formula is C33H33ClN4O3S. The number of benzene rings is 3.